The molecule has 3 rings (SSSR count). The summed E-state index contributed by atoms with van der Waals surface area (Å²) in [6, 6.07) is 7.88. The number of benzene rings is 1. The number of amides is 3. The highest BCUT2D eigenvalue weighted by molar-refractivity contribution is 7.92. The van der Waals surface area contributed by atoms with Crippen molar-refractivity contribution in [1.29, 1.82) is 0 Å². The number of ether oxygens (including phenoxy) is 2. The summed E-state index contributed by atoms with van der Waals surface area (Å²) in [5.41, 5.74) is 0.568. The summed E-state index contributed by atoms with van der Waals surface area (Å²) >= 11 is 0. The molecule has 0 unspecified atom stereocenters. The number of hydrogen-bond donors (Lipinski definition) is 3. The normalized spacial score (nSPS) is 13.3. The fourth-order valence-corrected chi connectivity index (χ4v) is 3.83. The summed E-state index contributed by atoms with van der Waals surface area (Å²) in [5.74, 6) is 0.461. The minimum Gasteiger partial charge on any atom is -0.496 e. The van der Waals surface area contributed by atoms with Gasteiger partial charge < -0.3 is 14.6 Å². The van der Waals surface area contributed by atoms with Gasteiger partial charge in [0.05, 0.1) is 19.9 Å². The second-order valence-corrected chi connectivity index (χ2v) is 7.90. The summed E-state index contributed by atoms with van der Waals surface area (Å²) in [5, 5.41) is 11.8. The number of carbonyl (C=O) groups excluding carboxylic acids is 1. The second-order valence-electron chi connectivity index (χ2n) is 6.38. The van der Waals surface area contributed by atoms with E-state index in [1.807, 2.05) is 0 Å². The molecular weight excluding hydrogens is 416 g/mol. The number of nitrogens with one attached hydrogen (secondary N) is 2. The van der Waals surface area contributed by atoms with Crippen LogP contribution in [0, 0.1) is 0 Å². The van der Waals surface area contributed by atoms with Crippen LogP contribution in [-0.4, -0.2) is 44.9 Å². The standard InChI is InChI=1S/C18H20N4O7S/c1-28-12-9-15(19-16(10-12)29-2)20-17(23)21-30(26,27)22(18(24)25)14-6-4-3-5-13(14)11-7-8-11/h3-6,9-11H,7-8H2,1-2H3,(H,24,25)(H2,19,20,21,23). The quantitative estimate of drug-likeness (QED) is 0.600. The van der Waals surface area contributed by atoms with E-state index in [-0.39, 0.29) is 27.6 Å². The maximum Gasteiger partial charge on any atom is 0.427 e. The zero-order chi connectivity index (χ0) is 21.9. The lowest BCUT2D eigenvalue weighted by Gasteiger charge is -2.22. The zero-order valence-electron chi connectivity index (χ0n) is 16.2. The fourth-order valence-electron chi connectivity index (χ4n) is 2.82. The average Bonchev–Trinajstić information content (AvgIpc) is 3.52. The van der Waals surface area contributed by atoms with E-state index in [1.165, 1.54) is 38.5 Å². The number of urea groups is 1. The molecule has 1 fully saturated rings. The van der Waals surface area contributed by atoms with E-state index in [9.17, 15) is 23.1 Å². The van der Waals surface area contributed by atoms with Gasteiger partial charge in [0.2, 0.25) is 5.88 Å². The molecule has 3 amide bonds. The number of aromatic nitrogens is 1. The third-order valence-corrected chi connectivity index (χ3v) is 5.55. The Balaban J connectivity index is 1.84. The number of nitrogens with zero attached hydrogens (tertiary/aromatic N) is 2. The van der Waals surface area contributed by atoms with E-state index in [1.54, 1.807) is 16.9 Å². The topological polar surface area (TPSA) is 147 Å². The first-order valence-corrected chi connectivity index (χ1v) is 10.2. The summed E-state index contributed by atoms with van der Waals surface area (Å²) in [6.07, 6.45) is -0.0756. The van der Waals surface area contributed by atoms with E-state index in [0.29, 0.717) is 11.3 Å². The van der Waals surface area contributed by atoms with Crippen molar-refractivity contribution in [2.45, 2.75) is 18.8 Å². The molecule has 1 aliphatic rings. The Labute approximate surface area is 172 Å². The molecule has 1 saturated carbocycles. The Bertz CT molecular complexity index is 1050. The van der Waals surface area contributed by atoms with Crippen molar-refractivity contribution in [3.63, 3.8) is 0 Å². The number of carboxylic acid groups (broad SMARTS) is 1. The van der Waals surface area contributed by atoms with Crippen LogP contribution >= 0.6 is 0 Å². The molecule has 11 nitrogen and oxygen atoms in total. The Morgan fingerprint density at radius 3 is 2.47 bits per heavy atom. The van der Waals surface area contributed by atoms with Gasteiger partial charge in [-0.3, -0.25) is 5.32 Å². The molecule has 1 heterocycles. The van der Waals surface area contributed by atoms with Crippen molar-refractivity contribution in [3.8, 4) is 11.6 Å². The molecule has 30 heavy (non-hydrogen) atoms. The summed E-state index contributed by atoms with van der Waals surface area (Å²) < 4.78 is 37.3. The van der Waals surface area contributed by atoms with Crippen molar-refractivity contribution >= 4 is 33.8 Å². The van der Waals surface area contributed by atoms with Gasteiger partial charge in [-0.1, -0.05) is 18.2 Å². The van der Waals surface area contributed by atoms with Gasteiger partial charge in [-0.15, -0.1) is 0 Å². The first kappa shape index (κ1) is 21.2. The first-order chi connectivity index (χ1) is 14.2. The van der Waals surface area contributed by atoms with Gasteiger partial charge in [0, 0.05) is 12.1 Å². The highest BCUT2D eigenvalue weighted by atomic mass is 32.2. The van der Waals surface area contributed by atoms with Crippen LogP contribution in [0.25, 0.3) is 0 Å². The van der Waals surface area contributed by atoms with Crippen LogP contribution in [0.15, 0.2) is 36.4 Å². The summed E-state index contributed by atoms with van der Waals surface area (Å²) in [4.78, 5) is 28.0. The Hall–Kier alpha value is -3.54. The molecule has 2 aromatic rings. The van der Waals surface area contributed by atoms with Gasteiger partial charge in [0.1, 0.15) is 11.6 Å². The lowest BCUT2D eigenvalue weighted by Crippen LogP contribution is -2.48. The van der Waals surface area contributed by atoms with Crippen molar-refractivity contribution < 1.29 is 32.6 Å². The van der Waals surface area contributed by atoms with E-state index >= 15 is 0 Å². The molecule has 0 atom stereocenters. The van der Waals surface area contributed by atoms with E-state index in [0.717, 1.165) is 12.8 Å². The van der Waals surface area contributed by atoms with Crippen LogP contribution in [-0.2, 0) is 10.2 Å². The van der Waals surface area contributed by atoms with Crippen molar-refractivity contribution in [2.24, 2.45) is 0 Å². The third kappa shape index (κ3) is 4.71. The molecule has 3 N–H and O–H groups in total. The van der Waals surface area contributed by atoms with E-state index in [4.69, 9.17) is 9.47 Å². The highest BCUT2D eigenvalue weighted by Crippen LogP contribution is 2.44. The molecule has 160 valence electrons. The summed E-state index contributed by atoms with van der Waals surface area (Å²) in [7, 11) is -2.02. The minimum absolute atomic E-state index is 0.0195. The number of carbonyl (C=O) groups is 2. The van der Waals surface area contributed by atoms with Gasteiger partial charge >= 0.3 is 22.3 Å². The highest BCUT2D eigenvalue weighted by Gasteiger charge is 2.36. The van der Waals surface area contributed by atoms with Crippen LogP contribution < -0.4 is 23.8 Å². The number of hydrogen-bond acceptors (Lipinski definition) is 7. The number of anilines is 2. The minimum atomic E-state index is -4.77. The van der Waals surface area contributed by atoms with Crippen LogP contribution in [0.3, 0.4) is 0 Å². The predicted molar refractivity (Wildman–Crippen MR) is 107 cm³/mol. The van der Waals surface area contributed by atoms with Gasteiger partial charge in [-0.25, -0.2) is 14.3 Å². The van der Waals surface area contributed by atoms with Gasteiger partial charge in [0.15, 0.2) is 0 Å². The lowest BCUT2D eigenvalue weighted by molar-refractivity contribution is 0.206. The van der Waals surface area contributed by atoms with Crippen LogP contribution in [0.4, 0.5) is 21.1 Å². The first-order valence-electron chi connectivity index (χ1n) is 8.81. The zero-order valence-corrected chi connectivity index (χ0v) is 17.0. The number of rotatable bonds is 7. The molecule has 0 radical (unpaired) electrons. The van der Waals surface area contributed by atoms with Gasteiger partial charge in [-0.05, 0) is 30.4 Å². The molecule has 0 bridgehead atoms. The van der Waals surface area contributed by atoms with Gasteiger partial charge in [0.25, 0.3) is 0 Å². The molecule has 1 aromatic carbocycles. The molecule has 0 spiro atoms. The summed E-state index contributed by atoms with van der Waals surface area (Å²) in [6.45, 7) is 0. The SMILES string of the molecule is COc1cc(NC(=O)NS(=O)(=O)N(C(=O)O)c2ccccc2C2CC2)nc(OC)c1. The smallest absolute Gasteiger partial charge is 0.427 e. The second kappa shape index (κ2) is 8.45. The van der Waals surface area contributed by atoms with Crippen molar-refractivity contribution in [1.82, 2.24) is 9.71 Å². The Morgan fingerprint density at radius 2 is 1.87 bits per heavy atom. The van der Waals surface area contributed by atoms with Gasteiger partial charge in [-0.2, -0.15) is 17.7 Å². The van der Waals surface area contributed by atoms with E-state index < -0.39 is 22.3 Å². The molecule has 12 heteroatoms. The number of para-hydroxylation sites is 1. The Kier molecular flexibility index (Phi) is 5.96. The molecule has 0 aliphatic heterocycles. The molecule has 0 saturated heterocycles. The van der Waals surface area contributed by atoms with Crippen molar-refractivity contribution in [2.75, 3.05) is 23.8 Å². The average molecular weight is 436 g/mol. The number of pyridine rings is 1. The fraction of sp³-hybridized carbons (Fsp3) is 0.278. The molecule has 1 aliphatic carbocycles. The van der Waals surface area contributed by atoms with Crippen LogP contribution in [0.5, 0.6) is 11.6 Å². The van der Waals surface area contributed by atoms with Crippen LogP contribution in [0.1, 0.15) is 24.3 Å². The lowest BCUT2D eigenvalue weighted by atomic mass is 10.1. The maximum absolute atomic E-state index is 12.7. The third-order valence-electron chi connectivity index (χ3n) is 4.27. The number of methoxy groups -OCH3 is 2. The molecular formula is C18H20N4O7S. The largest absolute Gasteiger partial charge is 0.496 e. The van der Waals surface area contributed by atoms with E-state index in [2.05, 4.69) is 10.3 Å². The molecule has 1 aromatic heterocycles. The maximum atomic E-state index is 12.7. The van der Waals surface area contributed by atoms with Crippen LogP contribution in [0.2, 0.25) is 0 Å². The predicted octanol–water partition coefficient (Wildman–Crippen LogP) is 2.53. The Morgan fingerprint density at radius 1 is 1.17 bits per heavy atom. The monoisotopic (exact) mass is 436 g/mol. The van der Waals surface area contributed by atoms with Crippen molar-refractivity contribution in [3.05, 3.63) is 42.0 Å².